The lowest BCUT2D eigenvalue weighted by Gasteiger charge is -2.43. The predicted molar refractivity (Wildman–Crippen MR) is 80.1 cm³/mol. The molecule has 0 spiro atoms. The van der Waals surface area contributed by atoms with Gasteiger partial charge in [0.2, 0.25) is 5.92 Å². The molecule has 1 saturated carbocycles. The van der Waals surface area contributed by atoms with E-state index in [9.17, 15) is 8.78 Å². The van der Waals surface area contributed by atoms with Crippen molar-refractivity contribution in [3.05, 3.63) is 0 Å². The molecule has 2 rings (SSSR count). The Bertz CT molecular complexity index is 285. The Balaban J connectivity index is 0.000000200. The Morgan fingerprint density at radius 1 is 0.800 bits per heavy atom. The van der Waals surface area contributed by atoms with Crippen molar-refractivity contribution in [2.24, 2.45) is 22.7 Å². The molecular weight excluding hydrogens is 258 g/mol. The first-order chi connectivity index (χ1) is 8.92. The first-order valence-corrected chi connectivity index (χ1v) is 7.87. The fraction of sp³-hybridized carbons (Fsp3) is 1.00. The summed E-state index contributed by atoms with van der Waals surface area (Å²) in [5, 5.41) is 0. The number of hydrogen-bond acceptors (Lipinski definition) is 1. The monoisotopic (exact) mass is 290 g/mol. The summed E-state index contributed by atoms with van der Waals surface area (Å²) in [7, 11) is 0. The summed E-state index contributed by atoms with van der Waals surface area (Å²) in [6, 6.07) is 0. The van der Waals surface area contributed by atoms with Gasteiger partial charge in [-0.15, -0.1) is 0 Å². The highest BCUT2D eigenvalue weighted by Crippen LogP contribution is 2.50. The zero-order chi connectivity index (χ0) is 15.6. The largest absolute Gasteiger partial charge is 0.381 e. The Morgan fingerprint density at radius 2 is 1.20 bits per heavy atom. The molecule has 2 fully saturated rings. The van der Waals surface area contributed by atoms with Gasteiger partial charge in [0, 0.05) is 26.1 Å². The molecule has 0 aromatic rings. The fourth-order valence-electron chi connectivity index (χ4n) is 2.84. The normalized spacial score (nSPS) is 24.6. The van der Waals surface area contributed by atoms with E-state index in [1.54, 1.807) is 0 Å². The second-order valence-electron chi connectivity index (χ2n) is 8.58. The van der Waals surface area contributed by atoms with Crippen LogP contribution in [0.2, 0.25) is 0 Å². The number of halogens is 2. The van der Waals surface area contributed by atoms with Crippen LogP contribution >= 0.6 is 0 Å². The van der Waals surface area contributed by atoms with Crippen molar-refractivity contribution in [2.75, 3.05) is 13.2 Å². The average molecular weight is 290 g/mol. The summed E-state index contributed by atoms with van der Waals surface area (Å²) < 4.78 is 29.9. The van der Waals surface area contributed by atoms with Crippen molar-refractivity contribution >= 4 is 0 Å². The van der Waals surface area contributed by atoms with Crippen LogP contribution in [0, 0.1) is 22.7 Å². The quantitative estimate of drug-likeness (QED) is 0.569. The third kappa shape index (κ3) is 5.67. The molecule has 0 radical (unpaired) electrons. The van der Waals surface area contributed by atoms with Gasteiger partial charge in [-0.3, -0.25) is 0 Å². The minimum atomic E-state index is -2.35. The molecule has 0 amide bonds. The van der Waals surface area contributed by atoms with Gasteiger partial charge >= 0.3 is 0 Å². The molecule has 1 aliphatic carbocycles. The minimum Gasteiger partial charge on any atom is -0.381 e. The van der Waals surface area contributed by atoms with E-state index in [0.29, 0.717) is 5.41 Å². The van der Waals surface area contributed by atoms with Gasteiger partial charge in [-0.25, -0.2) is 8.78 Å². The van der Waals surface area contributed by atoms with Gasteiger partial charge in [0.1, 0.15) is 0 Å². The van der Waals surface area contributed by atoms with Crippen LogP contribution < -0.4 is 0 Å². The lowest BCUT2D eigenvalue weighted by Crippen LogP contribution is -2.42. The van der Waals surface area contributed by atoms with E-state index in [4.69, 9.17) is 4.74 Å². The number of hydrogen-bond donors (Lipinski definition) is 0. The maximum absolute atomic E-state index is 12.3. The SMILES string of the molecule is CC(C)(C)C1CC(F)(F)C1.CC(C)(C)C1CCOCC1. The lowest BCUT2D eigenvalue weighted by atomic mass is 9.66. The Hall–Kier alpha value is -0.180. The second-order valence-corrected chi connectivity index (χ2v) is 8.58. The van der Waals surface area contributed by atoms with Crippen molar-refractivity contribution in [2.45, 2.75) is 73.1 Å². The van der Waals surface area contributed by atoms with Crippen LogP contribution in [0.15, 0.2) is 0 Å². The lowest BCUT2D eigenvalue weighted by molar-refractivity contribution is -0.138. The van der Waals surface area contributed by atoms with Gasteiger partial charge in [0.25, 0.3) is 0 Å². The molecule has 0 unspecified atom stereocenters. The van der Waals surface area contributed by atoms with Gasteiger partial charge < -0.3 is 4.74 Å². The zero-order valence-corrected chi connectivity index (χ0v) is 14.1. The maximum atomic E-state index is 12.3. The van der Waals surface area contributed by atoms with Gasteiger partial charge in [0.15, 0.2) is 0 Å². The summed E-state index contributed by atoms with van der Waals surface area (Å²) >= 11 is 0. The van der Waals surface area contributed by atoms with Gasteiger partial charge in [-0.2, -0.15) is 0 Å². The molecule has 20 heavy (non-hydrogen) atoms. The Labute approximate surface area is 123 Å². The van der Waals surface area contributed by atoms with E-state index in [0.717, 1.165) is 19.1 Å². The van der Waals surface area contributed by atoms with Crippen molar-refractivity contribution in [3.8, 4) is 0 Å². The third-order valence-corrected chi connectivity index (χ3v) is 4.76. The van der Waals surface area contributed by atoms with Gasteiger partial charge in [-0.1, -0.05) is 41.5 Å². The summed E-state index contributed by atoms with van der Waals surface area (Å²) in [4.78, 5) is 0. The predicted octanol–water partition coefficient (Wildman–Crippen LogP) is 5.54. The van der Waals surface area contributed by atoms with Crippen LogP contribution in [0.5, 0.6) is 0 Å². The molecule has 1 aliphatic heterocycles. The summed E-state index contributed by atoms with van der Waals surface area (Å²) in [5.74, 6) is -1.25. The van der Waals surface area contributed by atoms with Crippen LogP contribution in [0.25, 0.3) is 0 Å². The van der Waals surface area contributed by atoms with Crippen LogP contribution in [0.1, 0.15) is 67.2 Å². The number of alkyl halides is 2. The first-order valence-electron chi connectivity index (χ1n) is 7.87. The zero-order valence-electron chi connectivity index (χ0n) is 14.1. The third-order valence-electron chi connectivity index (χ3n) is 4.76. The molecule has 0 aromatic heterocycles. The standard InChI is InChI=1S/C9H18O.C8H14F2/c1-9(2,3)8-4-6-10-7-5-8;1-7(2,3)6-4-8(9,10)5-6/h8H,4-7H2,1-3H3;6H,4-5H2,1-3H3. The molecule has 0 aromatic carbocycles. The fourth-order valence-corrected chi connectivity index (χ4v) is 2.84. The molecule has 120 valence electrons. The topological polar surface area (TPSA) is 9.23 Å². The Kier molecular flexibility index (Phi) is 5.62. The summed E-state index contributed by atoms with van der Waals surface area (Å²) in [6.45, 7) is 15.0. The Morgan fingerprint density at radius 3 is 1.40 bits per heavy atom. The molecule has 1 heterocycles. The molecule has 0 atom stereocenters. The molecule has 1 nitrogen and oxygen atoms in total. The highest BCUT2D eigenvalue weighted by Gasteiger charge is 2.49. The smallest absolute Gasteiger partial charge is 0.248 e. The van der Waals surface area contributed by atoms with E-state index in [-0.39, 0.29) is 24.2 Å². The number of ether oxygens (including phenoxy) is 1. The minimum absolute atomic E-state index is 0.0711. The molecule has 2 aliphatic rings. The van der Waals surface area contributed by atoms with Crippen LogP contribution in [0.3, 0.4) is 0 Å². The maximum Gasteiger partial charge on any atom is 0.248 e. The number of rotatable bonds is 0. The molecule has 3 heteroatoms. The van der Waals surface area contributed by atoms with Crippen molar-refractivity contribution in [3.63, 3.8) is 0 Å². The summed E-state index contributed by atoms with van der Waals surface area (Å²) in [6.07, 6.45) is 2.69. The molecule has 1 saturated heterocycles. The van der Waals surface area contributed by atoms with Crippen LogP contribution in [-0.2, 0) is 4.74 Å². The van der Waals surface area contributed by atoms with Gasteiger partial charge in [-0.05, 0) is 35.5 Å². The highest BCUT2D eigenvalue weighted by molar-refractivity contribution is 4.92. The van der Waals surface area contributed by atoms with Crippen molar-refractivity contribution in [1.82, 2.24) is 0 Å². The van der Waals surface area contributed by atoms with E-state index < -0.39 is 5.92 Å². The molecule has 0 bridgehead atoms. The van der Waals surface area contributed by atoms with Crippen molar-refractivity contribution < 1.29 is 13.5 Å². The van der Waals surface area contributed by atoms with E-state index in [1.165, 1.54) is 12.8 Å². The van der Waals surface area contributed by atoms with Crippen LogP contribution in [0.4, 0.5) is 8.78 Å². The first kappa shape index (κ1) is 17.9. The molecule has 0 N–H and O–H groups in total. The van der Waals surface area contributed by atoms with Crippen LogP contribution in [-0.4, -0.2) is 19.1 Å². The van der Waals surface area contributed by atoms with Crippen molar-refractivity contribution in [1.29, 1.82) is 0 Å². The summed E-state index contributed by atoms with van der Waals surface area (Å²) in [5.41, 5.74) is 0.561. The van der Waals surface area contributed by atoms with E-state index in [2.05, 4.69) is 20.8 Å². The molecular formula is C17H32F2O. The average Bonchev–Trinajstić information content (AvgIpc) is 2.25. The van der Waals surface area contributed by atoms with E-state index in [1.807, 2.05) is 20.8 Å². The van der Waals surface area contributed by atoms with Gasteiger partial charge in [0.05, 0.1) is 0 Å². The van der Waals surface area contributed by atoms with E-state index >= 15 is 0 Å². The highest BCUT2D eigenvalue weighted by atomic mass is 19.3. The second kappa shape index (κ2) is 6.29.